The first kappa shape index (κ1) is 14.8. The molecule has 23 heavy (non-hydrogen) atoms. The molecule has 0 bridgehead atoms. The van der Waals surface area contributed by atoms with Gasteiger partial charge in [-0.3, -0.25) is 9.59 Å². The number of hydrogen-bond donors (Lipinski definition) is 1. The third-order valence-electron chi connectivity index (χ3n) is 4.44. The fourth-order valence-electron chi connectivity index (χ4n) is 3.33. The maximum absolute atomic E-state index is 12.8. The molecule has 0 radical (unpaired) electrons. The highest BCUT2D eigenvalue weighted by molar-refractivity contribution is 7.14. The van der Waals surface area contributed by atoms with Crippen molar-refractivity contribution in [1.82, 2.24) is 9.88 Å². The average Bonchev–Trinajstić information content (AvgIpc) is 3.29. The van der Waals surface area contributed by atoms with Gasteiger partial charge in [0.1, 0.15) is 6.04 Å². The van der Waals surface area contributed by atoms with E-state index in [-0.39, 0.29) is 17.9 Å². The van der Waals surface area contributed by atoms with Crippen LogP contribution in [0.2, 0.25) is 0 Å². The van der Waals surface area contributed by atoms with Crippen molar-refractivity contribution in [3.05, 3.63) is 33.0 Å². The zero-order valence-corrected chi connectivity index (χ0v) is 14.2. The summed E-state index contributed by atoms with van der Waals surface area (Å²) in [7, 11) is 0. The number of nitrogens with one attached hydrogen (secondary N) is 1. The number of aryl methyl sites for hydroxylation is 2. The third-order valence-corrected chi connectivity index (χ3v) is 6.35. The van der Waals surface area contributed by atoms with E-state index in [0.29, 0.717) is 18.1 Å². The lowest BCUT2D eigenvalue weighted by Gasteiger charge is -2.23. The molecule has 4 rings (SSSR count). The number of thiazole rings is 1. The number of anilines is 1. The Morgan fingerprint density at radius 1 is 1.30 bits per heavy atom. The standard InChI is InChI=1S/C16H17N3O2S2/c20-14(18-16-17-6-8-22-16)11-4-2-7-19(11)15(21)13-9-10-3-1-5-12(10)23-13/h6,8-9,11H,1-5,7H2,(H,17,18,20)/t11-/m1/s1. The van der Waals surface area contributed by atoms with E-state index in [2.05, 4.69) is 10.3 Å². The Morgan fingerprint density at radius 3 is 3.00 bits per heavy atom. The normalized spacial score (nSPS) is 19.8. The van der Waals surface area contributed by atoms with E-state index in [1.54, 1.807) is 22.4 Å². The van der Waals surface area contributed by atoms with Crippen LogP contribution in [0.3, 0.4) is 0 Å². The van der Waals surface area contributed by atoms with E-state index >= 15 is 0 Å². The lowest BCUT2D eigenvalue weighted by atomic mass is 10.2. The molecule has 120 valence electrons. The largest absolute Gasteiger partial charge is 0.326 e. The summed E-state index contributed by atoms with van der Waals surface area (Å²) in [5.74, 6) is -0.129. The molecule has 2 aromatic rings. The van der Waals surface area contributed by atoms with Crippen LogP contribution < -0.4 is 5.32 Å². The molecule has 1 aliphatic carbocycles. The number of likely N-dealkylation sites (tertiary alicyclic amines) is 1. The van der Waals surface area contributed by atoms with Gasteiger partial charge in [0, 0.05) is 23.0 Å². The molecule has 2 aromatic heterocycles. The van der Waals surface area contributed by atoms with Crippen LogP contribution in [-0.4, -0.2) is 34.3 Å². The molecule has 3 heterocycles. The van der Waals surface area contributed by atoms with Gasteiger partial charge >= 0.3 is 0 Å². The lowest BCUT2D eigenvalue weighted by Crippen LogP contribution is -2.42. The van der Waals surface area contributed by atoms with Gasteiger partial charge in [-0.2, -0.15) is 0 Å². The van der Waals surface area contributed by atoms with E-state index < -0.39 is 0 Å². The summed E-state index contributed by atoms with van der Waals surface area (Å²) >= 11 is 2.99. The van der Waals surface area contributed by atoms with Crippen LogP contribution in [0.15, 0.2) is 17.6 Å². The molecule has 0 unspecified atom stereocenters. The van der Waals surface area contributed by atoms with Crippen molar-refractivity contribution in [3.63, 3.8) is 0 Å². The maximum atomic E-state index is 12.8. The fourth-order valence-corrected chi connectivity index (χ4v) is 5.07. The Morgan fingerprint density at radius 2 is 2.22 bits per heavy atom. The highest BCUT2D eigenvalue weighted by Crippen LogP contribution is 2.32. The minimum absolute atomic E-state index is 0.00110. The number of nitrogens with zero attached hydrogens (tertiary/aromatic N) is 2. The first-order valence-corrected chi connectivity index (χ1v) is 9.55. The number of carbonyl (C=O) groups excluding carboxylic acids is 2. The Kier molecular flexibility index (Phi) is 3.90. The van der Waals surface area contributed by atoms with Gasteiger partial charge in [0.2, 0.25) is 5.91 Å². The van der Waals surface area contributed by atoms with Gasteiger partial charge in [-0.05, 0) is 43.7 Å². The molecule has 1 N–H and O–H groups in total. The van der Waals surface area contributed by atoms with Gasteiger partial charge < -0.3 is 10.2 Å². The van der Waals surface area contributed by atoms with Gasteiger partial charge in [0.25, 0.3) is 5.91 Å². The number of thiophene rings is 1. The zero-order valence-electron chi connectivity index (χ0n) is 12.6. The van der Waals surface area contributed by atoms with Crippen LogP contribution in [0, 0.1) is 0 Å². The van der Waals surface area contributed by atoms with Gasteiger partial charge in [0.05, 0.1) is 4.88 Å². The second-order valence-electron chi connectivity index (χ2n) is 5.90. The van der Waals surface area contributed by atoms with Crippen molar-refractivity contribution >= 4 is 39.6 Å². The highest BCUT2D eigenvalue weighted by Gasteiger charge is 2.35. The maximum Gasteiger partial charge on any atom is 0.264 e. The highest BCUT2D eigenvalue weighted by atomic mass is 32.1. The fraction of sp³-hybridized carbons (Fsp3) is 0.438. The molecule has 7 heteroatoms. The topological polar surface area (TPSA) is 62.3 Å². The first-order valence-electron chi connectivity index (χ1n) is 7.85. The van der Waals surface area contributed by atoms with Gasteiger partial charge in [-0.25, -0.2) is 4.98 Å². The molecular formula is C16H17N3O2S2. The van der Waals surface area contributed by atoms with E-state index in [4.69, 9.17) is 0 Å². The molecular weight excluding hydrogens is 330 g/mol. The number of carbonyl (C=O) groups is 2. The molecule has 0 spiro atoms. The molecule has 5 nitrogen and oxygen atoms in total. The lowest BCUT2D eigenvalue weighted by molar-refractivity contribution is -0.119. The predicted octanol–water partition coefficient (Wildman–Crippen LogP) is 2.94. The molecule has 1 atom stereocenters. The van der Waals surface area contributed by atoms with Crippen molar-refractivity contribution in [2.45, 2.75) is 38.1 Å². The van der Waals surface area contributed by atoms with E-state index in [1.807, 2.05) is 11.4 Å². The van der Waals surface area contributed by atoms with Crippen LogP contribution in [0.25, 0.3) is 0 Å². The smallest absolute Gasteiger partial charge is 0.264 e. The Labute approximate surface area is 142 Å². The molecule has 0 aromatic carbocycles. The van der Waals surface area contributed by atoms with Gasteiger partial charge in [-0.15, -0.1) is 22.7 Å². The molecule has 1 saturated heterocycles. The van der Waals surface area contributed by atoms with E-state index in [9.17, 15) is 9.59 Å². The summed E-state index contributed by atoms with van der Waals surface area (Å²) in [5.41, 5.74) is 1.32. The number of fused-ring (bicyclic) bond motifs is 1. The summed E-state index contributed by atoms with van der Waals surface area (Å²) in [5, 5.41) is 5.22. The Balaban J connectivity index is 1.50. The predicted molar refractivity (Wildman–Crippen MR) is 91.1 cm³/mol. The van der Waals surface area contributed by atoms with E-state index in [0.717, 1.165) is 24.1 Å². The number of aromatic nitrogens is 1. The number of amides is 2. The van der Waals surface area contributed by atoms with Crippen LogP contribution in [0.5, 0.6) is 0 Å². The summed E-state index contributed by atoms with van der Waals surface area (Å²) in [6.07, 6.45) is 6.60. The first-order chi connectivity index (χ1) is 11.2. The minimum atomic E-state index is -0.386. The summed E-state index contributed by atoms with van der Waals surface area (Å²) in [4.78, 5) is 33.2. The van der Waals surface area contributed by atoms with Crippen LogP contribution in [0.4, 0.5) is 5.13 Å². The van der Waals surface area contributed by atoms with Crippen LogP contribution in [-0.2, 0) is 17.6 Å². The van der Waals surface area contributed by atoms with Gasteiger partial charge in [0.15, 0.2) is 5.13 Å². The monoisotopic (exact) mass is 347 g/mol. The second-order valence-corrected chi connectivity index (χ2v) is 7.93. The van der Waals surface area contributed by atoms with Crippen LogP contribution >= 0.6 is 22.7 Å². The van der Waals surface area contributed by atoms with Gasteiger partial charge in [-0.1, -0.05) is 0 Å². The summed E-state index contributed by atoms with van der Waals surface area (Å²) < 4.78 is 0. The van der Waals surface area contributed by atoms with E-state index in [1.165, 1.54) is 28.2 Å². The molecule has 1 aliphatic heterocycles. The van der Waals surface area contributed by atoms with Crippen molar-refractivity contribution in [2.24, 2.45) is 0 Å². The molecule has 1 fully saturated rings. The van der Waals surface area contributed by atoms with Crippen molar-refractivity contribution in [1.29, 1.82) is 0 Å². The van der Waals surface area contributed by atoms with Crippen molar-refractivity contribution < 1.29 is 9.59 Å². The summed E-state index contributed by atoms with van der Waals surface area (Å²) in [6.45, 7) is 0.650. The Hall–Kier alpha value is -1.73. The Bertz CT molecular complexity index is 717. The quantitative estimate of drug-likeness (QED) is 0.928. The zero-order chi connectivity index (χ0) is 15.8. The SMILES string of the molecule is O=C(Nc1nccs1)[C@H]1CCCN1C(=O)c1cc2c(s1)CCC2. The molecule has 0 saturated carbocycles. The summed E-state index contributed by atoms with van der Waals surface area (Å²) in [6, 6.07) is 1.65. The number of hydrogen-bond acceptors (Lipinski definition) is 5. The number of rotatable bonds is 3. The van der Waals surface area contributed by atoms with Crippen LogP contribution in [0.1, 0.15) is 39.4 Å². The van der Waals surface area contributed by atoms with Crippen molar-refractivity contribution in [2.75, 3.05) is 11.9 Å². The third kappa shape index (κ3) is 2.79. The molecule has 2 aliphatic rings. The minimum Gasteiger partial charge on any atom is -0.326 e. The molecule has 2 amide bonds. The average molecular weight is 347 g/mol. The second kappa shape index (κ2) is 6.05. The van der Waals surface area contributed by atoms with Crippen molar-refractivity contribution in [3.8, 4) is 0 Å².